The van der Waals surface area contributed by atoms with Crippen molar-refractivity contribution in [3.63, 3.8) is 0 Å². The number of aryl methyl sites for hydroxylation is 1. The zero-order chi connectivity index (χ0) is 13.6. The van der Waals surface area contributed by atoms with Crippen molar-refractivity contribution in [3.8, 4) is 0 Å². The summed E-state index contributed by atoms with van der Waals surface area (Å²) in [6, 6.07) is 5.97. The largest absolute Gasteiger partial charge is 0.461 e. The summed E-state index contributed by atoms with van der Waals surface area (Å²) in [7, 11) is 0. The van der Waals surface area contributed by atoms with Crippen LogP contribution < -0.4 is 0 Å². The van der Waals surface area contributed by atoms with E-state index in [0.717, 1.165) is 0 Å². The average molecular weight is 325 g/mol. The highest BCUT2D eigenvalue weighted by molar-refractivity contribution is 9.09. The van der Waals surface area contributed by atoms with Crippen LogP contribution in [0.4, 0.5) is 13.2 Å². The fourth-order valence-electron chi connectivity index (χ4n) is 1.31. The molecule has 0 amide bonds. The van der Waals surface area contributed by atoms with Crippen molar-refractivity contribution in [2.24, 2.45) is 0 Å². The van der Waals surface area contributed by atoms with E-state index in [1.807, 2.05) is 0 Å². The summed E-state index contributed by atoms with van der Waals surface area (Å²) in [6.07, 6.45) is -5.10. The molecule has 1 rings (SSSR count). The molecule has 0 spiro atoms. The molecule has 2 nitrogen and oxygen atoms in total. The fraction of sp³-hybridized carbons (Fsp3) is 0.417. The summed E-state index contributed by atoms with van der Waals surface area (Å²) in [5.41, 5.74) is 0.885. The monoisotopic (exact) mass is 324 g/mol. The standard InChI is InChI=1S/C12H12BrF3O2/c13-7-8-18-11(17)10-3-1-9(2-4-10)5-6-12(14,15)16/h1-4H,5-8H2. The van der Waals surface area contributed by atoms with Crippen LogP contribution in [0, 0.1) is 0 Å². The van der Waals surface area contributed by atoms with Gasteiger partial charge < -0.3 is 4.74 Å². The maximum absolute atomic E-state index is 12.0. The van der Waals surface area contributed by atoms with E-state index in [1.165, 1.54) is 24.3 Å². The minimum Gasteiger partial charge on any atom is -0.461 e. The van der Waals surface area contributed by atoms with E-state index in [4.69, 9.17) is 4.74 Å². The molecule has 18 heavy (non-hydrogen) atoms. The molecular formula is C12H12BrF3O2. The number of ether oxygens (including phenoxy) is 1. The normalized spacial score (nSPS) is 11.3. The topological polar surface area (TPSA) is 26.3 Å². The molecule has 0 N–H and O–H groups in total. The molecule has 0 bridgehead atoms. The number of alkyl halides is 4. The van der Waals surface area contributed by atoms with Gasteiger partial charge in [0.2, 0.25) is 0 Å². The lowest BCUT2D eigenvalue weighted by Crippen LogP contribution is -2.09. The average Bonchev–Trinajstić information content (AvgIpc) is 2.33. The summed E-state index contributed by atoms with van der Waals surface area (Å²) >= 11 is 3.12. The van der Waals surface area contributed by atoms with E-state index in [2.05, 4.69) is 15.9 Å². The molecule has 0 fully saturated rings. The molecule has 100 valence electrons. The lowest BCUT2D eigenvalue weighted by Gasteiger charge is -2.07. The highest BCUT2D eigenvalue weighted by Crippen LogP contribution is 2.22. The number of benzene rings is 1. The van der Waals surface area contributed by atoms with Crippen LogP contribution in [0.1, 0.15) is 22.3 Å². The van der Waals surface area contributed by atoms with E-state index < -0.39 is 18.6 Å². The lowest BCUT2D eigenvalue weighted by molar-refractivity contribution is -0.134. The Bertz CT molecular complexity index is 387. The fourth-order valence-corrected chi connectivity index (χ4v) is 1.47. The second-order valence-corrected chi connectivity index (χ2v) is 4.43. The summed E-state index contributed by atoms with van der Waals surface area (Å²) in [4.78, 5) is 11.4. The molecule has 0 heterocycles. The van der Waals surface area contributed by atoms with E-state index in [-0.39, 0.29) is 13.0 Å². The first-order chi connectivity index (χ1) is 8.42. The van der Waals surface area contributed by atoms with Gasteiger partial charge >= 0.3 is 12.1 Å². The van der Waals surface area contributed by atoms with Gasteiger partial charge in [0, 0.05) is 11.8 Å². The second kappa shape index (κ2) is 6.78. The minimum absolute atomic E-state index is 0.0831. The van der Waals surface area contributed by atoms with Gasteiger partial charge in [0.15, 0.2) is 0 Å². The maximum Gasteiger partial charge on any atom is 0.389 e. The number of hydrogen-bond donors (Lipinski definition) is 0. The van der Waals surface area contributed by atoms with Crippen molar-refractivity contribution >= 4 is 21.9 Å². The van der Waals surface area contributed by atoms with Crippen molar-refractivity contribution in [2.75, 3.05) is 11.9 Å². The number of rotatable bonds is 5. The molecule has 0 unspecified atom stereocenters. The van der Waals surface area contributed by atoms with Crippen LogP contribution in [-0.4, -0.2) is 24.1 Å². The Labute approximate surface area is 111 Å². The van der Waals surface area contributed by atoms with Gasteiger partial charge in [0.05, 0.1) is 5.56 Å². The van der Waals surface area contributed by atoms with E-state index in [1.54, 1.807) is 0 Å². The molecule has 0 aliphatic carbocycles. The highest BCUT2D eigenvalue weighted by atomic mass is 79.9. The Balaban J connectivity index is 2.54. The van der Waals surface area contributed by atoms with Gasteiger partial charge in [-0.05, 0) is 24.1 Å². The first-order valence-electron chi connectivity index (χ1n) is 5.31. The van der Waals surface area contributed by atoms with Crippen LogP contribution in [-0.2, 0) is 11.2 Å². The third-order valence-corrected chi connectivity index (χ3v) is 2.52. The molecule has 0 aliphatic heterocycles. The van der Waals surface area contributed by atoms with Gasteiger partial charge in [-0.3, -0.25) is 0 Å². The Hall–Kier alpha value is -1.04. The van der Waals surface area contributed by atoms with Crippen LogP contribution in [0.15, 0.2) is 24.3 Å². The van der Waals surface area contributed by atoms with Gasteiger partial charge in [-0.1, -0.05) is 28.1 Å². The molecule has 1 aromatic rings. The van der Waals surface area contributed by atoms with Crippen molar-refractivity contribution in [2.45, 2.75) is 19.0 Å². The predicted octanol–water partition coefficient (Wildman–Crippen LogP) is 3.73. The molecule has 0 saturated carbocycles. The summed E-state index contributed by atoms with van der Waals surface area (Å²) in [6.45, 7) is 0.259. The van der Waals surface area contributed by atoms with E-state index in [0.29, 0.717) is 16.5 Å². The van der Waals surface area contributed by atoms with Gasteiger partial charge in [-0.2, -0.15) is 13.2 Å². The van der Waals surface area contributed by atoms with Crippen LogP contribution in [0.2, 0.25) is 0 Å². The van der Waals surface area contributed by atoms with Crippen molar-refractivity contribution < 1.29 is 22.7 Å². The number of carbonyl (C=O) groups is 1. The summed E-state index contributed by atoms with van der Waals surface area (Å²) in [5.74, 6) is -0.475. The third kappa shape index (κ3) is 5.53. The van der Waals surface area contributed by atoms with E-state index >= 15 is 0 Å². The SMILES string of the molecule is O=C(OCCBr)c1ccc(CCC(F)(F)F)cc1. The lowest BCUT2D eigenvalue weighted by atomic mass is 10.1. The molecule has 0 radical (unpaired) electrons. The van der Waals surface area contributed by atoms with Crippen LogP contribution in [0.5, 0.6) is 0 Å². The second-order valence-electron chi connectivity index (χ2n) is 3.64. The Morgan fingerprint density at radius 3 is 2.33 bits per heavy atom. The molecule has 0 aromatic heterocycles. The number of esters is 1. The van der Waals surface area contributed by atoms with Crippen molar-refractivity contribution in [3.05, 3.63) is 35.4 Å². The molecule has 0 atom stereocenters. The third-order valence-electron chi connectivity index (χ3n) is 2.20. The molecule has 0 saturated heterocycles. The minimum atomic E-state index is -4.16. The van der Waals surface area contributed by atoms with Gasteiger partial charge in [0.25, 0.3) is 0 Å². The zero-order valence-corrected chi connectivity index (χ0v) is 11.1. The van der Waals surface area contributed by atoms with Crippen LogP contribution >= 0.6 is 15.9 Å². The predicted molar refractivity (Wildman–Crippen MR) is 64.9 cm³/mol. The number of halogens is 4. The Morgan fingerprint density at radius 2 is 1.83 bits per heavy atom. The van der Waals surface area contributed by atoms with Gasteiger partial charge in [-0.25, -0.2) is 4.79 Å². The number of hydrogen-bond acceptors (Lipinski definition) is 2. The summed E-state index contributed by atoms with van der Waals surface area (Å²) in [5, 5.41) is 0.544. The maximum atomic E-state index is 12.0. The molecule has 0 aliphatic rings. The van der Waals surface area contributed by atoms with Gasteiger partial charge in [0.1, 0.15) is 6.61 Å². The zero-order valence-electron chi connectivity index (χ0n) is 9.47. The Kier molecular flexibility index (Phi) is 5.65. The Morgan fingerprint density at radius 1 is 1.22 bits per heavy atom. The van der Waals surface area contributed by atoms with E-state index in [9.17, 15) is 18.0 Å². The van der Waals surface area contributed by atoms with Gasteiger partial charge in [-0.15, -0.1) is 0 Å². The van der Waals surface area contributed by atoms with Crippen LogP contribution in [0.25, 0.3) is 0 Å². The first kappa shape index (κ1) is 15.0. The smallest absolute Gasteiger partial charge is 0.389 e. The number of carbonyl (C=O) groups excluding carboxylic acids is 1. The van der Waals surface area contributed by atoms with Crippen LogP contribution in [0.3, 0.4) is 0 Å². The van der Waals surface area contributed by atoms with Crippen molar-refractivity contribution in [1.82, 2.24) is 0 Å². The molecular weight excluding hydrogens is 313 g/mol. The summed E-state index contributed by atoms with van der Waals surface area (Å²) < 4.78 is 40.9. The highest BCUT2D eigenvalue weighted by Gasteiger charge is 2.26. The molecule has 6 heteroatoms. The van der Waals surface area contributed by atoms with Crippen molar-refractivity contribution in [1.29, 1.82) is 0 Å². The first-order valence-corrected chi connectivity index (χ1v) is 6.43. The molecule has 1 aromatic carbocycles. The quantitative estimate of drug-likeness (QED) is 0.609.